The first-order valence-electron chi connectivity index (χ1n) is 6.11. The van der Waals surface area contributed by atoms with Gasteiger partial charge in [0.2, 0.25) is 0 Å². The molecule has 0 fully saturated rings. The summed E-state index contributed by atoms with van der Waals surface area (Å²) in [5.74, 6) is -0.613. The summed E-state index contributed by atoms with van der Waals surface area (Å²) in [5, 5.41) is 6.91. The maximum absolute atomic E-state index is 13.4. The molecule has 6 heteroatoms. The lowest BCUT2D eigenvalue weighted by Crippen LogP contribution is -1.90. The van der Waals surface area contributed by atoms with Gasteiger partial charge in [0.05, 0.1) is 16.3 Å². The summed E-state index contributed by atoms with van der Waals surface area (Å²) < 4.78 is 26.6. The van der Waals surface area contributed by atoms with Crippen LogP contribution in [0, 0.1) is 11.6 Å². The standard InChI is InChI=1S/C15H10ClF2N3/c16-12-7-10(18)4-5-11(12)13-14(20-21-15(13)19)8-2-1-3-9(17)6-8/h1-7H,(H3,19,20,21). The number of H-pyrrole nitrogens is 1. The first kappa shape index (κ1) is 13.6. The number of benzene rings is 2. The van der Waals surface area contributed by atoms with Crippen molar-refractivity contribution in [2.45, 2.75) is 0 Å². The molecule has 0 aliphatic carbocycles. The molecular formula is C15H10ClF2N3. The van der Waals surface area contributed by atoms with Gasteiger partial charge in [-0.25, -0.2) is 8.78 Å². The number of aromatic amines is 1. The molecule has 0 radical (unpaired) electrons. The Labute approximate surface area is 124 Å². The minimum absolute atomic E-state index is 0.209. The van der Waals surface area contributed by atoms with Crippen molar-refractivity contribution in [2.75, 3.05) is 5.73 Å². The number of hydrogen-bond acceptors (Lipinski definition) is 2. The Kier molecular flexibility index (Phi) is 3.35. The topological polar surface area (TPSA) is 54.7 Å². The van der Waals surface area contributed by atoms with Gasteiger partial charge < -0.3 is 5.73 Å². The van der Waals surface area contributed by atoms with E-state index in [0.29, 0.717) is 22.4 Å². The van der Waals surface area contributed by atoms with Crippen LogP contribution in [0.25, 0.3) is 22.4 Å². The molecule has 0 spiro atoms. The molecule has 0 saturated heterocycles. The van der Waals surface area contributed by atoms with E-state index < -0.39 is 5.82 Å². The summed E-state index contributed by atoms with van der Waals surface area (Å²) in [5.41, 5.74) is 8.02. The molecule has 3 rings (SSSR count). The first-order valence-corrected chi connectivity index (χ1v) is 6.49. The van der Waals surface area contributed by atoms with Gasteiger partial charge in [-0.15, -0.1) is 0 Å². The SMILES string of the molecule is Nc1n[nH]c(-c2cccc(F)c2)c1-c1ccc(F)cc1Cl. The number of rotatable bonds is 2. The van der Waals surface area contributed by atoms with Gasteiger partial charge >= 0.3 is 0 Å². The average molecular weight is 306 g/mol. The lowest BCUT2D eigenvalue weighted by Gasteiger charge is -2.07. The highest BCUT2D eigenvalue weighted by molar-refractivity contribution is 6.33. The van der Waals surface area contributed by atoms with E-state index in [4.69, 9.17) is 17.3 Å². The number of nitrogens with zero attached hydrogens (tertiary/aromatic N) is 1. The van der Waals surface area contributed by atoms with E-state index in [9.17, 15) is 8.78 Å². The monoisotopic (exact) mass is 305 g/mol. The summed E-state index contributed by atoms with van der Waals surface area (Å²) >= 11 is 6.07. The lowest BCUT2D eigenvalue weighted by atomic mass is 10.0. The molecule has 3 N–H and O–H groups in total. The van der Waals surface area contributed by atoms with E-state index >= 15 is 0 Å². The summed E-state index contributed by atoms with van der Waals surface area (Å²) in [4.78, 5) is 0. The zero-order valence-electron chi connectivity index (χ0n) is 10.7. The summed E-state index contributed by atoms with van der Waals surface area (Å²) in [6, 6.07) is 9.99. The number of nitrogens with one attached hydrogen (secondary N) is 1. The Bertz CT molecular complexity index is 814. The van der Waals surface area contributed by atoms with Crippen molar-refractivity contribution in [3.05, 3.63) is 59.1 Å². The maximum atomic E-state index is 13.4. The van der Waals surface area contributed by atoms with E-state index in [1.165, 1.54) is 30.3 Å². The Morgan fingerprint density at radius 1 is 1.05 bits per heavy atom. The first-order chi connectivity index (χ1) is 10.1. The molecule has 0 bridgehead atoms. The molecule has 0 amide bonds. The largest absolute Gasteiger partial charge is 0.382 e. The second-order valence-electron chi connectivity index (χ2n) is 4.49. The van der Waals surface area contributed by atoms with Gasteiger partial charge in [0.15, 0.2) is 5.82 Å². The predicted octanol–water partition coefficient (Wildman–Crippen LogP) is 4.26. The Morgan fingerprint density at radius 2 is 1.81 bits per heavy atom. The highest BCUT2D eigenvalue weighted by Gasteiger charge is 2.17. The number of anilines is 1. The molecule has 0 aliphatic rings. The Hall–Kier alpha value is -2.40. The number of hydrogen-bond donors (Lipinski definition) is 2. The third-order valence-electron chi connectivity index (χ3n) is 3.11. The molecule has 0 saturated carbocycles. The quantitative estimate of drug-likeness (QED) is 0.743. The van der Waals surface area contributed by atoms with Crippen LogP contribution < -0.4 is 5.73 Å². The zero-order valence-corrected chi connectivity index (χ0v) is 11.5. The molecule has 0 atom stereocenters. The number of halogens is 3. The molecule has 3 aromatic rings. The second kappa shape index (κ2) is 5.18. The molecule has 106 valence electrons. The highest BCUT2D eigenvalue weighted by atomic mass is 35.5. The lowest BCUT2D eigenvalue weighted by molar-refractivity contribution is 0.628. The predicted molar refractivity (Wildman–Crippen MR) is 78.8 cm³/mol. The van der Waals surface area contributed by atoms with Crippen molar-refractivity contribution in [3.63, 3.8) is 0 Å². The van der Waals surface area contributed by atoms with E-state index in [-0.39, 0.29) is 16.7 Å². The van der Waals surface area contributed by atoms with Gasteiger partial charge in [0.25, 0.3) is 0 Å². The van der Waals surface area contributed by atoms with Crippen LogP contribution in [0.1, 0.15) is 0 Å². The molecule has 0 aliphatic heterocycles. The van der Waals surface area contributed by atoms with Gasteiger partial charge in [-0.1, -0.05) is 23.7 Å². The van der Waals surface area contributed by atoms with Crippen LogP contribution >= 0.6 is 11.6 Å². The number of nitrogen functional groups attached to an aromatic ring is 1. The summed E-state index contributed by atoms with van der Waals surface area (Å²) in [6.07, 6.45) is 0. The Balaban J connectivity index is 2.22. The fourth-order valence-corrected chi connectivity index (χ4v) is 2.44. The van der Waals surface area contributed by atoms with E-state index in [0.717, 1.165) is 0 Å². The zero-order chi connectivity index (χ0) is 15.0. The van der Waals surface area contributed by atoms with Crippen LogP contribution in [-0.4, -0.2) is 10.2 Å². The normalized spacial score (nSPS) is 10.8. The van der Waals surface area contributed by atoms with Crippen LogP contribution in [-0.2, 0) is 0 Å². The molecule has 1 aromatic heterocycles. The molecule has 2 aromatic carbocycles. The average Bonchev–Trinajstić information content (AvgIpc) is 2.81. The molecule has 21 heavy (non-hydrogen) atoms. The summed E-state index contributed by atoms with van der Waals surface area (Å²) in [6.45, 7) is 0. The smallest absolute Gasteiger partial charge is 0.153 e. The van der Waals surface area contributed by atoms with Gasteiger partial charge in [0.1, 0.15) is 11.6 Å². The number of nitrogens with two attached hydrogens (primary N) is 1. The van der Waals surface area contributed by atoms with E-state index in [2.05, 4.69) is 10.2 Å². The van der Waals surface area contributed by atoms with Crippen LogP contribution in [0.4, 0.5) is 14.6 Å². The van der Waals surface area contributed by atoms with Gasteiger partial charge in [-0.05, 0) is 30.3 Å². The van der Waals surface area contributed by atoms with Crippen LogP contribution in [0.15, 0.2) is 42.5 Å². The molecule has 0 unspecified atom stereocenters. The van der Waals surface area contributed by atoms with Crippen molar-refractivity contribution in [1.82, 2.24) is 10.2 Å². The molecular weight excluding hydrogens is 296 g/mol. The fourth-order valence-electron chi connectivity index (χ4n) is 2.17. The van der Waals surface area contributed by atoms with Crippen molar-refractivity contribution in [2.24, 2.45) is 0 Å². The van der Waals surface area contributed by atoms with Gasteiger partial charge in [-0.3, -0.25) is 5.10 Å². The van der Waals surface area contributed by atoms with Crippen LogP contribution in [0.3, 0.4) is 0 Å². The summed E-state index contributed by atoms with van der Waals surface area (Å²) in [7, 11) is 0. The van der Waals surface area contributed by atoms with Gasteiger partial charge in [0, 0.05) is 11.1 Å². The van der Waals surface area contributed by atoms with E-state index in [1.54, 1.807) is 12.1 Å². The van der Waals surface area contributed by atoms with Crippen LogP contribution in [0.5, 0.6) is 0 Å². The second-order valence-corrected chi connectivity index (χ2v) is 4.90. The third-order valence-corrected chi connectivity index (χ3v) is 3.42. The number of aromatic nitrogens is 2. The Morgan fingerprint density at radius 3 is 2.52 bits per heavy atom. The van der Waals surface area contributed by atoms with Crippen molar-refractivity contribution in [3.8, 4) is 22.4 Å². The molecule has 1 heterocycles. The van der Waals surface area contributed by atoms with Crippen molar-refractivity contribution >= 4 is 17.4 Å². The fraction of sp³-hybridized carbons (Fsp3) is 0. The van der Waals surface area contributed by atoms with Crippen molar-refractivity contribution in [1.29, 1.82) is 0 Å². The van der Waals surface area contributed by atoms with Gasteiger partial charge in [-0.2, -0.15) is 5.10 Å². The van der Waals surface area contributed by atoms with E-state index in [1.807, 2.05) is 0 Å². The van der Waals surface area contributed by atoms with Crippen molar-refractivity contribution < 1.29 is 8.78 Å². The van der Waals surface area contributed by atoms with Crippen LogP contribution in [0.2, 0.25) is 5.02 Å². The minimum Gasteiger partial charge on any atom is -0.382 e. The third kappa shape index (κ3) is 2.48. The molecule has 3 nitrogen and oxygen atoms in total. The maximum Gasteiger partial charge on any atom is 0.153 e. The highest BCUT2D eigenvalue weighted by Crippen LogP contribution is 2.38. The minimum atomic E-state index is -0.446.